The second kappa shape index (κ2) is 8.93. The van der Waals surface area contributed by atoms with Crippen molar-refractivity contribution < 1.29 is 4.74 Å². The maximum atomic E-state index is 12.6. The fourth-order valence-electron chi connectivity index (χ4n) is 3.45. The molecule has 4 aromatic rings. The Morgan fingerprint density at radius 1 is 1.12 bits per heavy atom. The van der Waals surface area contributed by atoms with Crippen LogP contribution in [0, 0.1) is 0 Å². The SMILES string of the molecule is COc1ccc(/C(C)=N\Nc2nc3c(c(=O)[nH]c(=O)n3C)n2CCc2ccccc2)cc1. The minimum absolute atomic E-state index is 0.298. The summed E-state index contributed by atoms with van der Waals surface area (Å²) >= 11 is 0. The number of imidazole rings is 1. The largest absolute Gasteiger partial charge is 0.497 e. The molecular formula is C23H24N6O3. The number of aromatic amines is 1. The molecule has 9 heteroatoms. The van der Waals surface area contributed by atoms with E-state index < -0.39 is 11.2 Å². The van der Waals surface area contributed by atoms with Crippen molar-refractivity contribution >= 4 is 22.8 Å². The van der Waals surface area contributed by atoms with Crippen LogP contribution in [0.1, 0.15) is 18.1 Å². The maximum Gasteiger partial charge on any atom is 0.329 e. The molecule has 164 valence electrons. The van der Waals surface area contributed by atoms with Gasteiger partial charge >= 0.3 is 5.69 Å². The van der Waals surface area contributed by atoms with Gasteiger partial charge in [0, 0.05) is 13.6 Å². The van der Waals surface area contributed by atoms with Gasteiger partial charge in [-0.15, -0.1) is 0 Å². The molecule has 0 fully saturated rings. The second-order valence-electron chi connectivity index (χ2n) is 7.35. The highest BCUT2D eigenvalue weighted by Crippen LogP contribution is 2.17. The summed E-state index contributed by atoms with van der Waals surface area (Å²) in [7, 11) is 3.19. The van der Waals surface area contributed by atoms with Crippen molar-refractivity contribution in [3.63, 3.8) is 0 Å². The number of hydrogen-bond donors (Lipinski definition) is 2. The molecule has 4 rings (SSSR count). The lowest BCUT2D eigenvalue weighted by Crippen LogP contribution is -2.29. The molecule has 0 unspecified atom stereocenters. The number of benzene rings is 2. The summed E-state index contributed by atoms with van der Waals surface area (Å²) in [5, 5.41) is 4.46. The number of hydrogen-bond acceptors (Lipinski definition) is 6. The topological polar surface area (TPSA) is 106 Å². The zero-order valence-electron chi connectivity index (χ0n) is 18.1. The number of anilines is 1. The second-order valence-corrected chi connectivity index (χ2v) is 7.35. The van der Waals surface area contributed by atoms with Crippen LogP contribution < -0.4 is 21.4 Å². The molecule has 0 atom stereocenters. The van der Waals surface area contributed by atoms with Crippen LogP contribution in [0.5, 0.6) is 5.75 Å². The first-order chi connectivity index (χ1) is 15.5. The monoisotopic (exact) mass is 432 g/mol. The highest BCUT2D eigenvalue weighted by Gasteiger charge is 2.17. The van der Waals surface area contributed by atoms with E-state index in [0.717, 1.165) is 22.6 Å². The van der Waals surface area contributed by atoms with E-state index in [9.17, 15) is 9.59 Å². The molecule has 0 spiro atoms. The van der Waals surface area contributed by atoms with Crippen LogP contribution in [0.25, 0.3) is 11.2 Å². The molecule has 0 radical (unpaired) electrons. The van der Waals surface area contributed by atoms with Crippen LogP contribution in [0.3, 0.4) is 0 Å². The molecule has 0 aliphatic carbocycles. The number of nitrogens with one attached hydrogen (secondary N) is 2. The standard InChI is InChI=1S/C23H24N6O3/c1-15(17-9-11-18(32-3)12-10-17)26-27-22-24-20-19(21(30)25-23(31)28(20)2)29(22)14-13-16-7-5-4-6-8-16/h4-12H,13-14H2,1-3H3,(H,24,27)(H,25,30,31)/b26-15-. The van der Waals surface area contributed by atoms with Gasteiger partial charge in [-0.1, -0.05) is 30.3 Å². The highest BCUT2D eigenvalue weighted by molar-refractivity contribution is 5.99. The summed E-state index contributed by atoms with van der Waals surface area (Å²) in [6, 6.07) is 17.5. The van der Waals surface area contributed by atoms with Crippen LogP contribution >= 0.6 is 0 Å². The van der Waals surface area contributed by atoms with E-state index in [-0.39, 0.29) is 0 Å². The Balaban J connectivity index is 1.71. The Labute approximate surface area is 184 Å². The van der Waals surface area contributed by atoms with E-state index >= 15 is 0 Å². The van der Waals surface area contributed by atoms with E-state index in [4.69, 9.17) is 4.74 Å². The van der Waals surface area contributed by atoms with E-state index in [2.05, 4.69) is 20.5 Å². The third-order valence-corrected chi connectivity index (χ3v) is 5.31. The molecule has 2 aromatic heterocycles. The van der Waals surface area contributed by atoms with Gasteiger partial charge < -0.3 is 9.30 Å². The van der Waals surface area contributed by atoms with Gasteiger partial charge in [0.2, 0.25) is 5.95 Å². The summed E-state index contributed by atoms with van der Waals surface area (Å²) in [4.78, 5) is 31.5. The molecule has 0 aliphatic heterocycles. The van der Waals surface area contributed by atoms with Crippen LogP contribution in [-0.4, -0.2) is 31.9 Å². The first-order valence-corrected chi connectivity index (χ1v) is 10.2. The lowest BCUT2D eigenvalue weighted by molar-refractivity contribution is 0.415. The van der Waals surface area contributed by atoms with Gasteiger partial charge in [0.05, 0.1) is 12.8 Å². The quantitative estimate of drug-likeness (QED) is 0.345. The Morgan fingerprint density at radius 3 is 2.53 bits per heavy atom. The van der Waals surface area contributed by atoms with Crippen LogP contribution in [0.4, 0.5) is 5.95 Å². The smallest absolute Gasteiger partial charge is 0.329 e. The number of methoxy groups -OCH3 is 1. The number of rotatable bonds is 7. The molecule has 0 bridgehead atoms. The van der Waals surface area contributed by atoms with Crippen molar-refractivity contribution in [3.05, 3.63) is 86.6 Å². The minimum atomic E-state index is -0.514. The lowest BCUT2D eigenvalue weighted by atomic mass is 10.1. The summed E-state index contributed by atoms with van der Waals surface area (Å²) < 4.78 is 8.27. The van der Waals surface area contributed by atoms with Gasteiger partial charge in [0.15, 0.2) is 11.2 Å². The Morgan fingerprint density at radius 2 is 1.84 bits per heavy atom. The fourth-order valence-corrected chi connectivity index (χ4v) is 3.45. The summed E-state index contributed by atoms with van der Waals surface area (Å²) in [5.41, 5.74) is 5.38. The fraction of sp³-hybridized carbons (Fsp3) is 0.217. The average molecular weight is 432 g/mol. The first-order valence-electron chi connectivity index (χ1n) is 10.2. The molecule has 0 amide bonds. The maximum absolute atomic E-state index is 12.6. The van der Waals surface area contributed by atoms with Gasteiger partial charge in [-0.25, -0.2) is 10.2 Å². The molecule has 32 heavy (non-hydrogen) atoms. The van der Waals surface area contributed by atoms with Crippen molar-refractivity contribution in [3.8, 4) is 5.75 Å². The number of H-pyrrole nitrogens is 1. The summed E-state index contributed by atoms with van der Waals surface area (Å²) in [6.45, 7) is 2.36. The van der Waals surface area contributed by atoms with Gasteiger partial charge in [-0.05, 0) is 48.7 Å². The van der Waals surface area contributed by atoms with Crippen molar-refractivity contribution in [2.45, 2.75) is 19.9 Å². The van der Waals surface area contributed by atoms with E-state index in [0.29, 0.717) is 30.1 Å². The Bertz CT molecular complexity index is 1380. The highest BCUT2D eigenvalue weighted by atomic mass is 16.5. The molecule has 0 saturated carbocycles. The molecule has 0 aliphatic rings. The molecular weight excluding hydrogens is 408 g/mol. The van der Waals surface area contributed by atoms with Gasteiger partial charge in [-0.2, -0.15) is 10.1 Å². The lowest BCUT2D eigenvalue weighted by Gasteiger charge is -2.09. The van der Waals surface area contributed by atoms with Crippen molar-refractivity contribution in [2.75, 3.05) is 12.5 Å². The number of nitrogens with zero attached hydrogens (tertiary/aromatic N) is 4. The average Bonchev–Trinajstić information content (AvgIpc) is 3.19. The van der Waals surface area contributed by atoms with Crippen LogP contribution in [0.15, 0.2) is 69.3 Å². The van der Waals surface area contributed by atoms with Gasteiger partial charge in [0.1, 0.15) is 5.75 Å². The van der Waals surface area contributed by atoms with Crippen LogP contribution in [0.2, 0.25) is 0 Å². The zero-order chi connectivity index (χ0) is 22.7. The van der Waals surface area contributed by atoms with Crippen molar-refractivity contribution in [1.29, 1.82) is 0 Å². The third-order valence-electron chi connectivity index (χ3n) is 5.31. The van der Waals surface area contributed by atoms with Gasteiger partial charge in [-0.3, -0.25) is 14.3 Å². The molecule has 2 heterocycles. The van der Waals surface area contributed by atoms with Gasteiger partial charge in [0.25, 0.3) is 5.56 Å². The number of hydrazone groups is 1. The van der Waals surface area contributed by atoms with E-state index in [1.165, 1.54) is 4.57 Å². The molecule has 0 saturated heterocycles. The summed E-state index contributed by atoms with van der Waals surface area (Å²) in [6.07, 6.45) is 0.685. The molecule has 2 aromatic carbocycles. The van der Waals surface area contributed by atoms with Crippen molar-refractivity contribution in [2.24, 2.45) is 12.1 Å². The normalized spacial score (nSPS) is 11.7. The first kappa shape index (κ1) is 21.1. The molecule has 9 nitrogen and oxygen atoms in total. The van der Waals surface area contributed by atoms with E-state index in [1.807, 2.05) is 61.5 Å². The third kappa shape index (κ3) is 4.18. The molecule has 2 N–H and O–H groups in total. The predicted molar refractivity (Wildman–Crippen MR) is 125 cm³/mol. The predicted octanol–water partition coefficient (Wildman–Crippen LogP) is 2.51. The number of aryl methyl sites for hydroxylation is 3. The number of aromatic nitrogens is 4. The minimum Gasteiger partial charge on any atom is -0.497 e. The number of fused-ring (bicyclic) bond motifs is 1. The zero-order valence-corrected chi connectivity index (χ0v) is 18.1. The number of ether oxygens (including phenoxy) is 1. The summed E-state index contributed by atoms with van der Waals surface area (Å²) in [5.74, 6) is 1.15. The van der Waals surface area contributed by atoms with E-state index in [1.54, 1.807) is 18.7 Å². The Kier molecular flexibility index (Phi) is 5.89. The van der Waals surface area contributed by atoms with Crippen LogP contribution in [-0.2, 0) is 20.0 Å². The Hall–Kier alpha value is -4.14. The van der Waals surface area contributed by atoms with Crippen molar-refractivity contribution in [1.82, 2.24) is 19.1 Å².